The molecule has 3 aliphatic rings. The first-order valence-electron chi connectivity index (χ1n) is 12.4. The third-order valence-electron chi connectivity index (χ3n) is 7.49. The molecule has 7 heteroatoms. The molecule has 176 valence electrons. The largest absolute Gasteiger partial charge is 0.365 e. The normalized spacial score (nSPS) is 22.1. The van der Waals surface area contributed by atoms with E-state index in [1.807, 2.05) is 9.47 Å². The predicted molar refractivity (Wildman–Crippen MR) is 125 cm³/mol. The third kappa shape index (κ3) is 4.83. The molecule has 33 heavy (non-hydrogen) atoms. The minimum absolute atomic E-state index is 0.00508. The SMILES string of the molecule is Cc1ccc([C@H]2Cn3cnc(C(=O)N4CCC(C(=O)NC5CCCCC5)CC4)c3CO2)cc1. The van der Waals surface area contributed by atoms with Crippen LogP contribution in [0.4, 0.5) is 0 Å². The smallest absolute Gasteiger partial charge is 0.274 e. The molecule has 0 unspecified atom stereocenters. The standard InChI is InChI=1S/C26H34N4O3/c1-18-7-9-19(10-8-18)23-15-30-17-27-24(22(30)16-33-23)26(32)29-13-11-20(12-14-29)25(31)28-21-5-3-2-4-6-21/h7-10,17,20-21,23H,2-6,11-16H2,1H3,(H,28,31)/t23-/m1/s1. The van der Waals surface area contributed by atoms with Crippen molar-refractivity contribution >= 4 is 11.8 Å². The quantitative estimate of drug-likeness (QED) is 0.769. The van der Waals surface area contributed by atoms with Gasteiger partial charge < -0.3 is 19.5 Å². The van der Waals surface area contributed by atoms with E-state index >= 15 is 0 Å². The van der Waals surface area contributed by atoms with Crippen LogP contribution in [0.3, 0.4) is 0 Å². The van der Waals surface area contributed by atoms with Crippen LogP contribution in [0.5, 0.6) is 0 Å². The summed E-state index contributed by atoms with van der Waals surface area (Å²) in [6.45, 7) is 4.30. The van der Waals surface area contributed by atoms with Gasteiger partial charge in [0.1, 0.15) is 6.10 Å². The minimum atomic E-state index is -0.0488. The van der Waals surface area contributed by atoms with Crippen molar-refractivity contribution in [1.82, 2.24) is 19.8 Å². The van der Waals surface area contributed by atoms with E-state index in [0.717, 1.165) is 24.1 Å². The Morgan fingerprint density at radius 1 is 1.03 bits per heavy atom. The number of amides is 2. The number of carbonyl (C=O) groups is 2. The van der Waals surface area contributed by atoms with Gasteiger partial charge in [0, 0.05) is 25.0 Å². The summed E-state index contributed by atoms with van der Waals surface area (Å²) in [7, 11) is 0. The van der Waals surface area contributed by atoms with E-state index in [1.165, 1.54) is 24.8 Å². The number of nitrogens with zero attached hydrogens (tertiary/aromatic N) is 3. The fourth-order valence-corrected chi connectivity index (χ4v) is 5.35. The molecular weight excluding hydrogens is 416 g/mol. The van der Waals surface area contributed by atoms with Crippen LogP contribution in [0.1, 0.15) is 78.4 Å². The van der Waals surface area contributed by atoms with E-state index in [1.54, 1.807) is 6.33 Å². The van der Waals surface area contributed by atoms with Crippen molar-refractivity contribution in [2.45, 2.75) is 77.2 Å². The second-order valence-electron chi connectivity index (χ2n) is 9.81. The Hall–Kier alpha value is -2.67. The van der Waals surface area contributed by atoms with Gasteiger partial charge in [0.25, 0.3) is 5.91 Å². The molecule has 0 spiro atoms. The maximum atomic E-state index is 13.2. The van der Waals surface area contributed by atoms with Crippen molar-refractivity contribution in [2.75, 3.05) is 13.1 Å². The van der Waals surface area contributed by atoms with Crippen LogP contribution < -0.4 is 5.32 Å². The molecule has 2 aromatic rings. The Labute approximate surface area is 195 Å². The van der Waals surface area contributed by atoms with Gasteiger partial charge in [-0.3, -0.25) is 9.59 Å². The Bertz CT molecular complexity index is 985. The number of benzene rings is 1. The van der Waals surface area contributed by atoms with Crippen molar-refractivity contribution < 1.29 is 14.3 Å². The topological polar surface area (TPSA) is 76.5 Å². The van der Waals surface area contributed by atoms with Gasteiger partial charge in [0.15, 0.2) is 5.69 Å². The molecule has 2 aliphatic heterocycles. The summed E-state index contributed by atoms with van der Waals surface area (Å²) < 4.78 is 8.15. The summed E-state index contributed by atoms with van der Waals surface area (Å²) >= 11 is 0. The summed E-state index contributed by atoms with van der Waals surface area (Å²) in [5.74, 6) is 0.127. The van der Waals surface area contributed by atoms with Crippen molar-refractivity contribution in [3.8, 4) is 0 Å². The first-order valence-corrected chi connectivity index (χ1v) is 12.4. The first kappa shape index (κ1) is 22.1. The first-order chi connectivity index (χ1) is 16.1. The molecule has 1 N–H and O–H groups in total. The number of hydrogen-bond donors (Lipinski definition) is 1. The number of imidazole rings is 1. The van der Waals surface area contributed by atoms with Crippen LogP contribution in [-0.2, 0) is 22.7 Å². The second kappa shape index (κ2) is 9.67. The van der Waals surface area contributed by atoms with Crippen LogP contribution in [0.15, 0.2) is 30.6 Å². The number of aryl methyl sites for hydroxylation is 1. The number of carbonyl (C=O) groups excluding carboxylic acids is 2. The Morgan fingerprint density at radius 2 is 1.76 bits per heavy atom. The highest BCUT2D eigenvalue weighted by Crippen LogP contribution is 2.29. The molecule has 3 heterocycles. The van der Waals surface area contributed by atoms with Crippen LogP contribution in [0.25, 0.3) is 0 Å². The molecule has 0 bridgehead atoms. The third-order valence-corrected chi connectivity index (χ3v) is 7.49. The average Bonchev–Trinajstić information content (AvgIpc) is 3.28. The highest BCUT2D eigenvalue weighted by atomic mass is 16.5. The zero-order valence-corrected chi connectivity index (χ0v) is 19.5. The highest BCUT2D eigenvalue weighted by Gasteiger charge is 2.32. The molecule has 1 saturated heterocycles. The van der Waals surface area contributed by atoms with E-state index in [2.05, 4.69) is 41.5 Å². The van der Waals surface area contributed by atoms with Crippen molar-refractivity contribution in [3.63, 3.8) is 0 Å². The fraction of sp³-hybridized carbons (Fsp3) is 0.577. The van der Waals surface area contributed by atoms with Gasteiger partial charge in [-0.15, -0.1) is 0 Å². The molecular formula is C26H34N4O3. The number of hydrogen-bond acceptors (Lipinski definition) is 4. The molecule has 1 aliphatic carbocycles. The molecule has 2 amide bonds. The number of aromatic nitrogens is 2. The predicted octanol–water partition coefficient (Wildman–Crippen LogP) is 3.76. The van der Waals surface area contributed by atoms with Crippen LogP contribution in [0.2, 0.25) is 0 Å². The summed E-state index contributed by atoms with van der Waals surface area (Å²) in [5, 5.41) is 3.25. The molecule has 1 aromatic heterocycles. The number of likely N-dealkylation sites (tertiary alicyclic amines) is 1. The van der Waals surface area contributed by atoms with E-state index in [4.69, 9.17) is 4.74 Å². The van der Waals surface area contributed by atoms with E-state index in [0.29, 0.717) is 50.8 Å². The molecule has 2 fully saturated rings. The lowest BCUT2D eigenvalue weighted by Crippen LogP contribution is -2.46. The maximum Gasteiger partial charge on any atom is 0.274 e. The molecule has 1 atom stereocenters. The Balaban J connectivity index is 1.17. The van der Waals surface area contributed by atoms with Crippen LogP contribution >= 0.6 is 0 Å². The van der Waals surface area contributed by atoms with Gasteiger partial charge >= 0.3 is 0 Å². The number of fused-ring (bicyclic) bond motifs is 1. The number of nitrogens with one attached hydrogen (secondary N) is 1. The van der Waals surface area contributed by atoms with E-state index < -0.39 is 0 Å². The zero-order valence-electron chi connectivity index (χ0n) is 19.5. The van der Waals surface area contributed by atoms with Gasteiger partial charge in [-0.05, 0) is 38.2 Å². The van der Waals surface area contributed by atoms with Crippen molar-refractivity contribution in [2.24, 2.45) is 5.92 Å². The van der Waals surface area contributed by atoms with Gasteiger partial charge in [-0.25, -0.2) is 4.98 Å². The number of piperidine rings is 1. The lowest BCUT2D eigenvalue weighted by molar-refractivity contribution is -0.127. The molecule has 0 radical (unpaired) electrons. The summed E-state index contributed by atoms with van der Waals surface area (Å²) in [6.07, 6.45) is 9.05. The average molecular weight is 451 g/mol. The minimum Gasteiger partial charge on any atom is -0.365 e. The van der Waals surface area contributed by atoms with E-state index in [-0.39, 0.29) is 23.8 Å². The monoisotopic (exact) mass is 450 g/mol. The van der Waals surface area contributed by atoms with Crippen LogP contribution in [0, 0.1) is 12.8 Å². The lowest BCUT2D eigenvalue weighted by Gasteiger charge is -2.33. The fourth-order valence-electron chi connectivity index (χ4n) is 5.35. The lowest BCUT2D eigenvalue weighted by atomic mass is 9.92. The number of ether oxygens (including phenoxy) is 1. The molecule has 1 aromatic carbocycles. The van der Waals surface area contributed by atoms with Gasteiger partial charge in [0.2, 0.25) is 5.91 Å². The maximum absolute atomic E-state index is 13.2. The van der Waals surface area contributed by atoms with Gasteiger partial charge in [-0.1, -0.05) is 49.1 Å². The number of rotatable bonds is 4. The second-order valence-corrected chi connectivity index (χ2v) is 9.81. The summed E-state index contributed by atoms with van der Waals surface area (Å²) in [5.41, 5.74) is 3.70. The van der Waals surface area contributed by atoms with Gasteiger partial charge in [-0.2, -0.15) is 0 Å². The van der Waals surface area contributed by atoms with Crippen molar-refractivity contribution in [1.29, 1.82) is 0 Å². The Kier molecular flexibility index (Phi) is 6.49. The Morgan fingerprint density at radius 3 is 2.48 bits per heavy atom. The van der Waals surface area contributed by atoms with Crippen LogP contribution in [-0.4, -0.2) is 45.4 Å². The van der Waals surface area contributed by atoms with Gasteiger partial charge in [0.05, 0.1) is 25.2 Å². The highest BCUT2D eigenvalue weighted by molar-refractivity contribution is 5.93. The zero-order chi connectivity index (χ0) is 22.8. The summed E-state index contributed by atoms with van der Waals surface area (Å²) in [4.78, 5) is 32.2. The summed E-state index contributed by atoms with van der Waals surface area (Å²) in [6, 6.07) is 8.73. The van der Waals surface area contributed by atoms with Crippen molar-refractivity contribution in [3.05, 3.63) is 53.1 Å². The molecule has 5 rings (SSSR count). The van der Waals surface area contributed by atoms with E-state index in [9.17, 15) is 9.59 Å². The molecule has 7 nitrogen and oxygen atoms in total. The molecule has 1 saturated carbocycles.